The first-order valence-electron chi connectivity index (χ1n) is 6.99. The first-order chi connectivity index (χ1) is 8.74. The van der Waals surface area contributed by atoms with E-state index in [1.807, 2.05) is 0 Å². The summed E-state index contributed by atoms with van der Waals surface area (Å²) in [6.07, 6.45) is 3.77. The second-order valence-corrected chi connectivity index (χ2v) is 5.17. The SMILES string of the molecule is CCC1OCCC1CNC(=O)C1CCC(CN)O1. The highest BCUT2D eigenvalue weighted by molar-refractivity contribution is 5.81. The molecule has 0 saturated carbocycles. The second kappa shape index (κ2) is 6.50. The van der Waals surface area contributed by atoms with Crippen LogP contribution in [0.5, 0.6) is 0 Å². The van der Waals surface area contributed by atoms with Crippen molar-refractivity contribution < 1.29 is 14.3 Å². The summed E-state index contributed by atoms with van der Waals surface area (Å²) in [6.45, 7) is 4.13. The zero-order chi connectivity index (χ0) is 13.0. The van der Waals surface area contributed by atoms with Crippen LogP contribution in [-0.2, 0) is 14.3 Å². The second-order valence-electron chi connectivity index (χ2n) is 5.17. The Morgan fingerprint density at radius 1 is 1.39 bits per heavy atom. The molecule has 18 heavy (non-hydrogen) atoms. The van der Waals surface area contributed by atoms with Crippen LogP contribution < -0.4 is 11.1 Å². The molecule has 0 radical (unpaired) electrons. The van der Waals surface area contributed by atoms with Crippen LogP contribution in [0.1, 0.15) is 32.6 Å². The van der Waals surface area contributed by atoms with Crippen molar-refractivity contribution in [3.05, 3.63) is 0 Å². The average molecular weight is 256 g/mol. The quantitative estimate of drug-likeness (QED) is 0.748. The first-order valence-corrected chi connectivity index (χ1v) is 6.99. The molecule has 0 aromatic carbocycles. The van der Waals surface area contributed by atoms with E-state index in [-0.39, 0.29) is 18.1 Å². The Morgan fingerprint density at radius 3 is 2.89 bits per heavy atom. The average Bonchev–Trinajstić information content (AvgIpc) is 3.04. The summed E-state index contributed by atoms with van der Waals surface area (Å²) in [7, 11) is 0. The molecule has 2 aliphatic rings. The molecule has 0 bridgehead atoms. The topological polar surface area (TPSA) is 73.6 Å². The number of carbonyl (C=O) groups excluding carboxylic acids is 1. The summed E-state index contributed by atoms with van der Waals surface area (Å²) in [6, 6.07) is 0. The van der Waals surface area contributed by atoms with Gasteiger partial charge in [0.1, 0.15) is 6.10 Å². The lowest BCUT2D eigenvalue weighted by atomic mass is 9.99. The minimum Gasteiger partial charge on any atom is -0.378 e. The van der Waals surface area contributed by atoms with Gasteiger partial charge in [-0.1, -0.05) is 6.92 Å². The molecule has 2 fully saturated rings. The summed E-state index contributed by atoms with van der Waals surface area (Å²) in [5.74, 6) is 0.457. The van der Waals surface area contributed by atoms with Gasteiger partial charge in [0, 0.05) is 25.6 Å². The molecule has 0 aliphatic carbocycles. The smallest absolute Gasteiger partial charge is 0.249 e. The summed E-state index contributed by atoms with van der Waals surface area (Å²) in [5, 5.41) is 2.99. The van der Waals surface area contributed by atoms with E-state index in [0.29, 0.717) is 25.1 Å². The van der Waals surface area contributed by atoms with E-state index in [2.05, 4.69) is 12.2 Å². The van der Waals surface area contributed by atoms with E-state index >= 15 is 0 Å². The van der Waals surface area contributed by atoms with Crippen LogP contribution in [-0.4, -0.2) is 43.9 Å². The Hall–Kier alpha value is -0.650. The normalized spacial score (nSPS) is 35.9. The van der Waals surface area contributed by atoms with Crippen LogP contribution in [0.25, 0.3) is 0 Å². The van der Waals surface area contributed by atoms with Gasteiger partial charge < -0.3 is 20.5 Å². The van der Waals surface area contributed by atoms with Crippen LogP contribution in [0, 0.1) is 5.92 Å². The van der Waals surface area contributed by atoms with Gasteiger partial charge in [0.2, 0.25) is 5.91 Å². The third-order valence-electron chi connectivity index (χ3n) is 3.95. The third kappa shape index (κ3) is 3.22. The fourth-order valence-electron chi connectivity index (χ4n) is 2.79. The Morgan fingerprint density at radius 2 is 2.22 bits per heavy atom. The molecule has 5 nitrogen and oxygen atoms in total. The predicted molar refractivity (Wildman–Crippen MR) is 68.1 cm³/mol. The number of hydrogen-bond donors (Lipinski definition) is 2. The Bertz CT molecular complexity index is 285. The van der Waals surface area contributed by atoms with E-state index in [1.54, 1.807) is 0 Å². The lowest BCUT2D eigenvalue weighted by Crippen LogP contribution is -2.39. The van der Waals surface area contributed by atoms with Crippen molar-refractivity contribution in [2.24, 2.45) is 11.7 Å². The Labute approximate surface area is 108 Å². The molecule has 5 heteroatoms. The minimum absolute atomic E-state index is 0.00713. The van der Waals surface area contributed by atoms with Gasteiger partial charge in [-0.25, -0.2) is 0 Å². The zero-order valence-electron chi connectivity index (χ0n) is 11.1. The number of amides is 1. The number of rotatable bonds is 5. The lowest BCUT2D eigenvalue weighted by molar-refractivity contribution is -0.132. The van der Waals surface area contributed by atoms with Crippen molar-refractivity contribution in [2.45, 2.75) is 50.9 Å². The number of hydrogen-bond acceptors (Lipinski definition) is 4. The fourth-order valence-corrected chi connectivity index (χ4v) is 2.79. The summed E-state index contributed by atoms with van der Waals surface area (Å²) in [5.41, 5.74) is 5.53. The molecule has 104 valence electrons. The van der Waals surface area contributed by atoms with Gasteiger partial charge in [0.15, 0.2) is 0 Å². The molecule has 4 atom stereocenters. The van der Waals surface area contributed by atoms with E-state index in [9.17, 15) is 4.79 Å². The van der Waals surface area contributed by atoms with Gasteiger partial charge in [-0.05, 0) is 25.7 Å². The molecule has 4 unspecified atom stereocenters. The van der Waals surface area contributed by atoms with Crippen LogP contribution in [0.2, 0.25) is 0 Å². The van der Waals surface area contributed by atoms with Crippen LogP contribution in [0.4, 0.5) is 0 Å². The van der Waals surface area contributed by atoms with Crippen LogP contribution in [0.3, 0.4) is 0 Å². The number of ether oxygens (including phenoxy) is 2. The number of nitrogens with two attached hydrogens (primary N) is 1. The zero-order valence-corrected chi connectivity index (χ0v) is 11.1. The monoisotopic (exact) mass is 256 g/mol. The van der Waals surface area contributed by atoms with Gasteiger partial charge in [-0.3, -0.25) is 4.79 Å². The highest BCUT2D eigenvalue weighted by Crippen LogP contribution is 2.23. The predicted octanol–water partition coefficient (Wildman–Crippen LogP) is 0.424. The molecule has 2 aliphatic heterocycles. The minimum atomic E-state index is -0.305. The summed E-state index contributed by atoms with van der Waals surface area (Å²) < 4.78 is 11.2. The lowest BCUT2D eigenvalue weighted by Gasteiger charge is -2.19. The maximum atomic E-state index is 11.9. The molecule has 0 spiro atoms. The van der Waals surface area contributed by atoms with Crippen molar-refractivity contribution in [3.63, 3.8) is 0 Å². The van der Waals surface area contributed by atoms with Crippen molar-refractivity contribution >= 4 is 5.91 Å². The van der Waals surface area contributed by atoms with Crippen molar-refractivity contribution in [1.29, 1.82) is 0 Å². The Kier molecular flexibility index (Phi) is 4.97. The van der Waals surface area contributed by atoms with E-state index in [1.165, 1.54) is 0 Å². The standard InChI is InChI=1S/C13H24N2O3/c1-2-11-9(5-6-17-11)8-15-13(16)12-4-3-10(7-14)18-12/h9-12H,2-8,14H2,1H3,(H,15,16). The van der Waals surface area contributed by atoms with Crippen molar-refractivity contribution in [3.8, 4) is 0 Å². The molecule has 2 rings (SSSR count). The van der Waals surface area contributed by atoms with E-state index in [4.69, 9.17) is 15.2 Å². The van der Waals surface area contributed by atoms with E-state index < -0.39 is 0 Å². The highest BCUT2D eigenvalue weighted by atomic mass is 16.5. The van der Waals surface area contributed by atoms with Crippen LogP contribution >= 0.6 is 0 Å². The molecule has 2 heterocycles. The number of carbonyl (C=O) groups is 1. The maximum Gasteiger partial charge on any atom is 0.249 e. The molecular weight excluding hydrogens is 232 g/mol. The van der Waals surface area contributed by atoms with Gasteiger partial charge in [-0.2, -0.15) is 0 Å². The fraction of sp³-hybridized carbons (Fsp3) is 0.923. The van der Waals surface area contributed by atoms with Gasteiger partial charge in [0.25, 0.3) is 0 Å². The van der Waals surface area contributed by atoms with Crippen LogP contribution in [0.15, 0.2) is 0 Å². The third-order valence-corrected chi connectivity index (χ3v) is 3.95. The number of nitrogens with one attached hydrogen (secondary N) is 1. The van der Waals surface area contributed by atoms with Gasteiger partial charge in [-0.15, -0.1) is 0 Å². The van der Waals surface area contributed by atoms with E-state index in [0.717, 1.165) is 32.3 Å². The highest BCUT2D eigenvalue weighted by Gasteiger charge is 2.31. The maximum absolute atomic E-state index is 11.9. The molecule has 3 N–H and O–H groups in total. The summed E-state index contributed by atoms with van der Waals surface area (Å²) in [4.78, 5) is 11.9. The molecule has 0 aromatic heterocycles. The summed E-state index contributed by atoms with van der Waals surface area (Å²) >= 11 is 0. The Balaban J connectivity index is 1.72. The van der Waals surface area contributed by atoms with Gasteiger partial charge >= 0.3 is 0 Å². The largest absolute Gasteiger partial charge is 0.378 e. The van der Waals surface area contributed by atoms with Crippen molar-refractivity contribution in [2.75, 3.05) is 19.7 Å². The van der Waals surface area contributed by atoms with Gasteiger partial charge in [0.05, 0.1) is 12.2 Å². The molecular formula is C13H24N2O3. The first kappa shape index (κ1) is 13.8. The molecule has 1 amide bonds. The van der Waals surface area contributed by atoms with Crippen molar-refractivity contribution in [1.82, 2.24) is 5.32 Å². The molecule has 0 aromatic rings. The molecule has 2 saturated heterocycles.